The SMILES string of the molecule is COc1ccc(C(=O)CNc2c(C(=O)c3ccc(OC)c(Br)c3)oc3ccccc23)cc1Br. The van der Waals surface area contributed by atoms with E-state index in [9.17, 15) is 9.59 Å². The molecule has 0 aliphatic rings. The van der Waals surface area contributed by atoms with E-state index in [0.717, 1.165) is 5.39 Å². The van der Waals surface area contributed by atoms with Crippen LogP contribution in [0.5, 0.6) is 11.5 Å². The maximum Gasteiger partial charge on any atom is 0.230 e. The van der Waals surface area contributed by atoms with Gasteiger partial charge in [-0.2, -0.15) is 0 Å². The van der Waals surface area contributed by atoms with Gasteiger partial charge in [0.05, 0.1) is 35.4 Å². The summed E-state index contributed by atoms with van der Waals surface area (Å²) in [6, 6.07) is 17.5. The number of anilines is 1. The molecule has 168 valence electrons. The van der Waals surface area contributed by atoms with Crippen LogP contribution < -0.4 is 14.8 Å². The molecule has 6 nitrogen and oxygen atoms in total. The number of carbonyl (C=O) groups is 2. The zero-order chi connectivity index (χ0) is 23.5. The molecule has 0 saturated heterocycles. The average molecular weight is 573 g/mol. The van der Waals surface area contributed by atoms with Crippen LogP contribution in [0.25, 0.3) is 11.0 Å². The minimum absolute atomic E-state index is 0.0190. The van der Waals surface area contributed by atoms with Crippen molar-refractivity contribution in [1.29, 1.82) is 0 Å². The average Bonchev–Trinajstić information content (AvgIpc) is 3.20. The monoisotopic (exact) mass is 571 g/mol. The van der Waals surface area contributed by atoms with E-state index in [1.54, 1.807) is 56.7 Å². The van der Waals surface area contributed by atoms with Gasteiger partial charge in [0, 0.05) is 16.5 Å². The predicted molar refractivity (Wildman–Crippen MR) is 134 cm³/mol. The Morgan fingerprint density at radius 3 is 2.12 bits per heavy atom. The molecule has 0 aliphatic carbocycles. The third-order valence-corrected chi connectivity index (χ3v) is 6.35. The number of para-hydroxylation sites is 1. The summed E-state index contributed by atoms with van der Waals surface area (Å²) < 4.78 is 17.7. The molecule has 3 aromatic carbocycles. The lowest BCUT2D eigenvalue weighted by molar-refractivity contribution is 0.0997. The van der Waals surface area contributed by atoms with Crippen molar-refractivity contribution < 1.29 is 23.5 Å². The van der Waals surface area contributed by atoms with Crippen LogP contribution in [0, 0.1) is 0 Å². The number of nitrogens with one attached hydrogen (secondary N) is 1. The molecule has 0 aliphatic heterocycles. The first-order valence-corrected chi connectivity index (χ1v) is 11.5. The number of hydrogen-bond donors (Lipinski definition) is 1. The molecule has 1 N–H and O–H groups in total. The Balaban J connectivity index is 1.65. The van der Waals surface area contributed by atoms with E-state index in [-0.39, 0.29) is 23.9 Å². The van der Waals surface area contributed by atoms with Crippen LogP contribution in [0.2, 0.25) is 0 Å². The minimum Gasteiger partial charge on any atom is -0.496 e. The molecule has 33 heavy (non-hydrogen) atoms. The summed E-state index contributed by atoms with van der Waals surface area (Å²) in [6.45, 7) is -0.0190. The van der Waals surface area contributed by atoms with E-state index in [1.807, 2.05) is 18.2 Å². The number of hydrogen-bond acceptors (Lipinski definition) is 6. The lowest BCUT2D eigenvalue weighted by Crippen LogP contribution is -2.15. The second-order valence-electron chi connectivity index (χ2n) is 7.11. The fourth-order valence-corrected chi connectivity index (χ4v) is 4.51. The van der Waals surface area contributed by atoms with Crippen molar-refractivity contribution in [3.8, 4) is 11.5 Å². The largest absolute Gasteiger partial charge is 0.496 e. The van der Waals surface area contributed by atoms with Crippen molar-refractivity contribution in [1.82, 2.24) is 0 Å². The first-order valence-electron chi connectivity index (χ1n) is 9.93. The van der Waals surface area contributed by atoms with Gasteiger partial charge in [-0.15, -0.1) is 0 Å². The first kappa shape index (κ1) is 23.1. The van der Waals surface area contributed by atoms with E-state index in [0.29, 0.717) is 42.8 Å². The quantitative estimate of drug-likeness (QED) is 0.243. The summed E-state index contributed by atoms with van der Waals surface area (Å²) in [5.41, 5.74) is 1.96. The highest BCUT2D eigenvalue weighted by Crippen LogP contribution is 2.34. The molecule has 0 fully saturated rings. The van der Waals surface area contributed by atoms with Crippen molar-refractivity contribution in [2.75, 3.05) is 26.1 Å². The number of halogens is 2. The first-order chi connectivity index (χ1) is 15.9. The number of ketones is 2. The number of Topliss-reactive ketones (excluding diaryl/α,β-unsaturated/α-hetero) is 1. The van der Waals surface area contributed by atoms with Gasteiger partial charge < -0.3 is 19.2 Å². The van der Waals surface area contributed by atoms with Crippen molar-refractivity contribution in [2.24, 2.45) is 0 Å². The third kappa shape index (κ3) is 4.67. The number of rotatable bonds is 8. The summed E-state index contributed by atoms with van der Waals surface area (Å²) in [4.78, 5) is 26.2. The van der Waals surface area contributed by atoms with Gasteiger partial charge in [0.25, 0.3) is 0 Å². The van der Waals surface area contributed by atoms with Gasteiger partial charge in [-0.1, -0.05) is 12.1 Å². The fourth-order valence-electron chi connectivity index (χ4n) is 3.43. The molecular weight excluding hydrogens is 554 g/mol. The summed E-state index contributed by atoms with van der Waals surface area (Å²) in [5, 5.41) is 3.84. The smallest absolute Gasteiger partial charge is 0.230 e. The number of carbonyl (C=O) groups excluding carboxylic acids is 2. The van der Waals surface area contributed by atoms with Crippen molar-refractivity contribution in [2.45, 2.75) is 0 Å². The Morgan fingerprint density at radius 1 is 0.879 bits per heavy atom. The van der Waals surface area contributed by atoms with Gasteiger partial charge in [0.2, 0.25) is 5.78 Å². The van der Waals surface area contributed by atoms with Crippen LogP contribution in [0.1, 0.15) is 26.5 Å². The van der Waals surface area contributed by atoms with Gasteiger partial charge in [-0.25, -0.2) is 0 Å². The van der Waals surface area contributed by atoms with E-state index < -0.39 is 0 Å². The van der Waals surface area contributed by atoms with Crippen LogP contribution in [0.15, 0.2) is 74.0 Å². The van der Waals surface area contributed by atoms with Crippen molar-refractivity contribution in [3.05, 3.63) is 86.5 Å². The second-order valence-corrected chi connectivity index (χ2v) is 8.82. The van der Waals surface area contributed by atoms with E-state index >= 15 is 0 Å². The van der Waals surface area contributed by atoms with Crippen LogP contribution in [-0.4, -0.2) is 32.3 Å². The maximum absolute atomic E-state index is 13.3. The predicted octanol–water partition coefficient (Wildman–Crippen LogP) is 6.50. The second kappa shape index (κ2) is 9.80. The zero-order valence-electron chi connectivity index (χ0n) is 17.8. The minimum atomic E-state index is -0.309. The molecule has 0 bridgehead atoms. The Labute approximate surface area is 207 Å². The molecule has 0 saturated carbocycles. The summed E-state index contributed by atoms with van der Waals surface area (Å²) in [7, 11) is 3.12. The van der Waals surface area contributed by atoms with E-state index in [2.05, 4.69) is 37.2 Å². The summed E-state index contributed by atoms with van der Waals surface area (Å²) in [6.07, 6.45) is 0. The Hall–Kier alpha value is -3.10. The number of furan rings is 1. The highest BCUT2D eigenvalue weighted by atomic mass is 79.9. The topological polar surface area (TPSA) is 77.8 Å². The third-order valence-electron chi connectivity index (χ3n) is 5.12. The lowest BCUT2D eigenvalue weighted by atomic mass is 10.1. The van der Waals surface area contributed by atoms with Gasteiger partial charge in [-0.05, 0) is 80.4 Å². The van der Waals surface area contributed by atoms with Crippen LogP contribution in [-0.2, 0) is 0 Å². The molecule has 1 aromatic heterocycles. The fraction of sp³-hybridized carbons (Fsp3) is 0.120. The lowest BCUT2D eigenvalue weighted by Gasteiger charge is -2.09. The van der Waals surface area contributed by atoms with E-state index in [1.165, 1.54) is 0 Å². The molecule has 4 aromatic rings. The van der Waals surface area contributed by atoms with Crippen LogP contribution >= 0.6 is 31.9 Å². The molecule has 0 atom stereocenters. The van der Waals surface area contributed by atoms with Gasteiger partial charge >= 0.3 is 0 Å². The number of benzene rings is 3. The molecule has 0 radical (unpaired) electrons. The highest BCUT2D eigenvalue weighted by Gasteiger charge is 2.23. The molecule has 0 spiro atoms. The molecule has 8 heteroatoms. The van der Waals surface area contributed by atoms with Crippen molar-refractivity contribution in [3.63, 3.8) is 0 Å². The molecule has 1 heterocycles. The number of ether oxygens (including phenoxy) is 2. The van der Waals surface area contributed by atoms with Gasteiger partial charge in [0.15, 0.2) is 11.5 Å². The van der Waals surface area contributed by atoms with Gasteiger partial charge in [0.1, 0.15) is 17.1 Å². The molecular formula is C25H19Br2NO5. The van der Waals surface area contributed by atoms with Gasteiger partial charge in [-0.3, -0.25) is 9.59 Å². The molecule has 4 rings (SSSR count). The Kier molecular flexibility index (Phi) is 6.85. The zero-order valence-corrected chi connectivity index (χ0v) is 20.9. The normalized spacial score (nSPS) is 10.8. The summed E-state index contributed by atoms with van der Waals surface area (Å²) in [5.74, 6) is 0.938. The van der Waals surface area contributed by atoms with E-state index in [4.69, 9.17) is 13.9 Å². The van der Waals surface area contributed by atoms with Crippen LogP contribution in [0.3, 0.4) is 0 Å². The van der Waals surface area contributed by atoms with Crippen LogP contribution in [0.4, 0.5) is 5.69 Å². The highest BCUT2D eigenvalue weighted by molar-refractivity contribution is 9.10. The number of fused-ring (bicyclic) bond motifs is 1. The Morgan fingerprint density at radius 2 is 1.48 bits per heavy atom. The summed E-state index contributed by atoms with van der Waals surface area (Å²) >= 11 is 6.81. The standard InChI is InChI=1S/C25H19Br2NO5/c1-31-21-9-7-14(11-17(21)26)19(29)13-28-23-16-5-3-4-6-20(16)33-25(23)24(30)15-8-10-22(32-2)18(27)12-15/h3-12,28H,13H2,1-2H3. The molecule has 0 unspecified atom stereocenters. The molecule has 0 amide bonds. The maximum atomic E-state index is 13.3. The van der Waals surface area contributed by atoms with Crippen molar-refractivity contribution >= 4 is 60.1 Å². The number of methoxy groups -OCH3 is 2. The Bertz CT molecular complexity index is 1360.